The van der Waals surface area contributed by atoms with Crippen molar-refractivity contribution in [3.63, 3.8) is 0 Å². The molecule has 0 aliphatic carbocycles. The zero-order valence-electron chi connectivity index (χ0n) is 28.4. The van der Waals surface area contributed by atoms with Crippen molar-refractivity contribution in [2.24, 2.45) is 25.4 Å². The first-order valence-corrected chi connectivity index (χ1v) is 16.7. The molecule has 5 heterocycles. The van der Waals surface area contributed by atoms with E-state index in [9.17, 15) is 0 Å². The minimum Gasteiger partial charge on any atom is -0.256 e. The zero-order valence-corrected chi connectivity index (χ0v) is 28.4. The van der Waals surface area contributed by atoms with E-state index in [1.54, 1.807) is 0 Å². The molecule has 8 bridgehead atoms. The highest BCUT2D eigenvalue weighted by molar-refractivity contribution is 6.37. The van der Waals surface area contributed by atoms with E-state index in [0.717, 1.165) is 79.9 Å². The van der Waals surface area contributed by atoms with Crippen molar-refractivity contribution < 1.29 is 0 Å². The maximum Gasteiger partial charge on any atom is 0.0738 e. The fraction of sp³-hybridized carbons (Fsp3) is 0.182. The van der Waals surface area contributed by atoms with Gasteiger partial charge in [0.05, 0.1) is 39.9 Å². The highest BCUT2D eigenvalue weighted by Crippen LogP contribution is 2.44. The minimum atomic E-state index is -0.170. The Morgan fingerprint density at radius 1 is 0.542 bits per heavy atom. The number of hydrogen-bond donors (Lipinski definition) is 0. The second kappa shape index (κ2) is 11.3. The Kier molecular flexibility index (Phi) is 7.06. The molecule has 5 aliphatic rings. The lowest BCUT2D eigenvalue weighted by atomic mass is 9.83. The van der Waals surface area contributed by atoms with Gasteiger partial charge in [0, 0.05) is 34.3 Å². The molecule has 0 fully saturated rings. The predicted octanol–water partition coefficient (Wildman–Crippen LogP) is 10.3. The number of fused-ring (bicyclic) bond motifs is 4. The normalized spacial score (nSPS) is 19.2. The zero-order chi connectivity index (χ0) is 33.2. The van der Waals surface area contributed by atoms with E-state index in [4.69, 9.17) is 20.0 Å². The maximum atomic E-state index is 5.42. The molecule has 4 nitrogen and oxygen atoms in total. The Morgan fingerprint density at radius 2 is 1.12 bits per heavy atom. The van der Waals surface area contributed by atoms with Crippen LogP contribution in [0.3, 0.4) is 0 Å². The van der Waals surface area contributed by atoms with Crippen molar-refractivity contribution >= 4 is 39.6 Å². The van der Waals surface area contributed by atoms with Crippen molar-refractivity contribution in [1.82, 2.24) is 0 Å². The fourth-order valence-electron chi connectivity index (χ4n) is 7.41. The van der Waals surface area contributed by atoms with Gasteiger partial charge in [-0.15, -0.1) is 0 Å². The van der Waals surface area contributed by atoms with Gasteiger partial charge in [-0.2, -0.15) is 0 Å². The van der Waals surface area contributed by atoms with E-state index in [-0.39, 0.29) is 5.41 Å². The number of rotatable bonds is 3. The number of aryl methyl sites for hydroxylation is 4. The molecule has 0 N–H and O–H groups in total. The van der Waals surface area contributed by atoms with Crippen molar-refractivity contribution in [3.8, 4) is 0 Å². The van der Waals surface area contributed by atoms with Gasteiger partial charge in [0.15, 0.2) is 0 Å². The number of aliphatic imine (C=N–C) groups is 4. The average molecular weight is 623 g/mol. The van der Waals surface area contributed by atoms with Crippen LogP contribution in [0.4, 0.5) is 0 Å². The SMILES string of the molecule is Cc1ccc(C2=C3C=CC(=N3)C=C3N=C(CC3(C)C)C(c3ccccc3)=C3C=CC(=N3)C(c3c(C)cc(C)cc3C)=C3C=CC2=N3)cc1. The Morgan fingerprint density at radius 3 is 1.81 bits per heavy atom. The van der Waals surface area contributed by atoms with Gasteiger partial charge in [-0.1, -0.05) is 91.7 Å². The molecule has 0 unspecified atom stereocenters. The Bertz CT molecular complexity index is 2250. The second-order valence-corrected chi connectivity index (χ2v) is 14.0. The summed E-state index contributed by atoms with van der Waals surface area (Å²) in [5.41, 5.74) is 18.7. The third-order valence-electron chi connectivity index (χ3n) is 9.68. The van der Waals surface area contributed by atoms with E-state index >= 15 is 0 Å². The molecular weight excluding hydrogens is 585 g/mol. The van der Waals surface area contributed by atoms with Crippen LogP contribution in [0, 0.1) is 33.1 Å². The summed E-state index contributed by atoms with van der Waals surface area (Å²) in [6, 6.07) is 23.7. The quantitative estimate of drug-likeness (QED) is 0.279. The average Bonchev–Trinajstić information content (AvgIpc) is 3.86. The van der Waals surface area contributed by atoms with Crippen LogP contribution in [0.2, 0.25) is 0 Å². The molecule has 0 atom stereocenters. The molecular formula is C44H38N4. The largest absolute Gasteiger partial charge is 0.256 e. The molecule has 3 aromatic rings. The summed E-state index contributed by atoms with van der Waals surface area (Å²) in [7, 11) is 0. The minimum absolute atomic E-state index is 0.170. The highest BCUT2D eigenvalue weighted by Gasteiger charge is 2.35. The summed E-state index contributed by atoms with van der Waals surface area (Å²) < 4.78 is 0. The van der Waals surface area contributed by atoms with Gasteiger partial charge in [0.25, 0.3) is 0 Å². The Hall–Kier alpha value is -5.48. The van der Waals surface area contributed by atoms with Crippen LogP contribution in [-0.2, 0) is 0 Å². The number of allylic oxidation sites excluding steroid dienone is 11. The summed E-state index contributed by atoms with van der Waals surface area (Å²) >= 11 is 0. The Balaban J connectivity index is 1.46. The van der Waals surface area contributed by atoms with Crippen molar-refractivity contribution in [2.45, 2.75) is 48.0 Å². The van der Waals surface area contributed by atoms with E-state index in [2.05, 4.69) is 151 Å². The van der Waals surface area contributed by atoms with Crippen LogP contribution < -0.4 is 0 Å². The lowest BCUT2D eigenvalue weighted by Gasteiger charge is -2.19. The molecule has 0 aromatic heterocycles. The first-order chi connectivity index (χ1) is 23.1. The van der Waals surface area contributed by atoms with Gasteiger partial charge in [0.1, 0.15) is 0 Å². The molecule has 5 aliphatic heterocycles. The first-order valence-electron chi connectivity index (χ1n) is 16.7. The van der Waals surface area contributed by atoms with Gasteiger partial charge in [0.2, 0.25) is 0 Å². The smallest absolute Gasteiger partial charge is 0.0738 e. The van der Waals surface area contributed by atoms with Gasteiger partial charge in [-0.25, -0.2) is 15.0 Å². The molecule has 0 saturated heterocycles. The maximum absolute atomic E-state index is 5.42. The summed E-state index contributed by atoms with van der Waals surface area (Å²) in [6.45, 7) is 13.2. The van der Waals surface area contributed by atoms with Crippen LogP contribution in [0.1, 0.15) is 59.2 Å². The summed E-state index contributed by atoms with van der Waals surface area (Å²) in [4.78, 5) is 21.3. The van der Waals surface area contributed by atoms with E-state index in [1.165, 1.54) is 27.8 Å². The van der Waals surface area contributed by atoms with Gasteiger partial charge < -0.3 is 0 Å². The van der Waals surface area contributed by atoms with Gasteiger partial charge in [-0.3, -0.25) is 4.99 Å². The third kappa shape index (κ3) is 5.18. The monoisotopic (exact) mass is 622 g/mol. The van der Waals surface area contributed by atoms with Crippen molar-refractivity contribution in [3.05, 3.63) is 171 Å². The van der Waals surface area contributed by atoms with Crippen LogP contribution in [0.15, 0.2) is 152 Å². The number of hydrogen-bond acceptors (Lipinski definition) is 4. The van der Waals surface area contributed by atoms with E-state index < -0.39 is 0 Å². The molecule has 48 heavy (non-hydrogen) atoms. The summed E-state index contributed by atoms with van der Waals surface area (Å²) in [6.07, 6.45) is 15.8. The van der Waals surface area contributed by atoms with E-state index in [0.29, 0.717) is 0 Å². The van der Waals surface area contributed by atoms with Gasteiger partial charge >= 0.3 is 0 Å². The van der Waals surface area contributed by atoms with Crippen molar-refractivity contribution in [1.29, 1.82) is 0 Å². The fourth-order valence-corrected chi connectivity index (χ4v) is 7.41. The topological polar surface area (TPSA) is 49.4 Å². The number of benzene rings is 3. The first kappa shape index (κ1) is 29.9. The molecule has 8 rings (SSSR count). The van der Waals surface area contributed by atoms with Crippen LogP contribution in [0.5, 0.6) is 0 Å². The lowest BCUT2D eigenvalue weighted by Crippen LogP contribution is -2.13. The molecule has 0 radical (unpaired) electrons. The molecule has 234 valence electrons. The Labute approximate surface area is 283 Å². The summed E-state index contributed by atoms with van der Waals surface area (Å²) in [5.74, 6) is 0. The van der Waals surface area contributed by atoms with Gasteiger partial charge in [-0.05, 0) is 98.0 Å². The highest BCUT2D eigenvalue weighted by atomic mass is 14.9. The molecule has 0 saturated carbocycles. The van der Waals surface area contributed by atoms with Crippen molar-refractivity contribution in [2.75, 3.05) is 0 Å². The molecule has 0 amide bonds. The standard InChI is InChI=1S/C44H38N4/c1-26-12-14-31(15-13-26)41-33-17-16-32(45-33)24-39-44(5,6)25-38(48-39)42(30-10-8-7-9-11-30)35-19-21-37(47-35)43(36-20-18-34(41)46-36)40-28(3)22-27(2)23-29(40)4/h7-24H,25H2,1-6H3. The second-order valence-electron chi connectivity index (χ2n) is 14.0. The predicted molar refractivity (Wildman–Crippen MR) is 203 cm³/mol. The molecule has 3 aromatic carbocycles. The van der Waals surface area contributed by atoms with E-state index in [1.807, 2.05) is 0 Å². The molecule has 4 heteroatoms. The van der Waals surface area contributed by atoms with Crippen LogP contribution in [0.25, 0.3) is 16.7 Å². The third-order valence-corrected chi connectivity index (χ3v) is 9.68. The summed E-state index contributed by atoms with van der Waals surface area (Å²) in [5, 5.41) is 0. The van der Waals surface area contributed by atoms with Crippen LogP contribution in [-0.4, -0.2) is 22.8 Å². The number of nitrogens with zero attached hydrogens (tertiary/aromatic N) is 4. The lowest BCUT2D eigenvalue weighted by molar-refractivity contribution is 0.486. The van der Waals surface area contributed by atoms with Crippen LogP contribution >= 0.6 is 0 Å². The molecule has 0 spiro atoms.